The maximum Gasteiger partial charge on any atom is 0.342 e. The molecule has 0 saturated carbocycles. The molecule has 0 unspecified atom stereocenters. The molecular formula is C13H12Br2N6O4. The molecule has 5 N–H and O–H groups in total. The molecule has 0 fully saturated rings. The maximum absolute atomic E-state index is 12.0. The van der Waals surface area contributed by atoms with E-state index in [4.69, 9.17) is 0 Å². The van der Waals surface area contributed by atoms with Crippen LogP contribution in [0.4, 0.5) is 5.82 Å². The molecule has 0 aliphatic carbocycles. The topological polar surface area (TPSA) is 152 Å². The number of phenolic OH excluding ortho intramolecular Hbond substituents is 1. The van der Waals surface area contributed by atoms with Gasteiger partial charge in [0.15, 0.2) is 0 Å². The summed E-state index contributed by atoms with van der Waals surface area (Å²) in [6.45, 7) is 1.48. The van der Waals surface area contributed by atoms with Crippen LogP contribution in [0.2, 0.25) is 0 Å². The third-order valence-electron chi connectivity index (χ3n) is 2.89. The molecule has 1 aromatic heterocycles. The molecule has 2 aromatic rings. The van der Waals surface area contributed by atoms with E-state index in [0.29, 0.717) is 14.5 Å². The van der Waals surface area contributed by atoms with Crippen molar-refractivity contribution in [3.63, 3.8) is 0 Å². The summed E-state index contributed by atoms with van der Waals surface area (Å²) in [4.78, 5) is 36.3. The maximum atomic E-state index is 12.0. The number of hydrogen-bond acceptors (Lipinski definition) is 7. The zero-order chi connectivity index (χ0) is 18.6. The number of aromatic amines is 2. The number of hydrazone groups is 1. The highest BCUT2D eigenvalue weighted by Crippen LogP contribution is 2.30. The third kappa shape index (κ3) is 5.00. The average Bonchev–Trinajstić information content (AvgIpc) is 2.54. The summed E-state index contributed by atoms with van der Waals surface area (Å²) in [6, 6.07) is 2.41. The van der Waals surface area contributed by atoms with Crippen molar-refractivity contribution in [1.82, 2.24) is 20.6 Å². The highest BCUT2D eigenvalue weighted by molar-refractivity contribution is 9.11. The summed E-state index contributed by atoms with van der Waals surface area (Å²) in [5.74, 6) is -0.798. The Morgan fingerprint density at radius 1 is 1.40 bits per heavy atom. The SMILES string of the molecule is C[C@H](Nc1n[nH]c(=O)[nH]c1=O)C(=O)N/N=C/c1cc(Br)cc(Br)c1O. The van der Waals surface area contributed by atoms with Crippen molar-refractivity contribution in [2.75, 3.05) is 5.32 Å². The zero-order valence-corrected chi connectivity index (χ0v) is 15.8. The van der Waals surface area contributed by atoms with Gasteiger partial charge in [0.25, 0.3) is 11.5 Å². The molecular weight excluding hydrogens is 464 g/mol. The second-order valence-electron chi connectivity index (χ2n) is 4.78. The van der Waals surface area contributed by atoms with Gasteiger partial charge >= 0.3 is 5.69 Å². The molecule has 132 valence electrons. The van der Waals surface area contributed by atoms with Gasteiger partial charge in [-0.05, 0) is 35.0 Å². The number of hydrogen-bond donors (Lipinski definition) is 5. The number of nitrogens with one attached hydrogen (secondary N) is 4. The number of halogens is 2. The van der Waals surface area contributed by atoms with E-state index >= 15 is 0 Å². The van der Waals surface area contributed by atoms with Crippen molar-refractivity contribution < 1.29 is 9.90 Å². The van der Waals surface area contributed by atoms with Gasteiger partial charge in [0.2, 0.25) is 5.82 Å². The number of rotatable bonds is 5. The lowest BCUT2D eigenvalue weighted by molar-refractivity contribution is -0.121. The van der Waals surface area contributed by atoms with Gasteiger partial charge in [0.05, 0.1) is 10.7 Å². The minimum absolute atomic E-state index is 0.0312. The van der Waals surface area contributed by atoms with Crippen molar-refractivity contribution in [1.29, 1.82) is 0 Å². The standard InChI is InChI=1S/C13H12Br2N6O4/c1-5(17-10-12(24)18-13(25)21-19-10)11(23)20-16-4-6-2-7(14)3-8(15)9(6)22/h2-5,22H,1H3,(H,17,19)(H,20,23)(H2,18,21,24,25)/b16-4+/t5-/m0/s1. The Morgan fingerprint density at radius 2 is 2.12 bits per heavy atom. The lowest BCUT2D eigenvalue weighted by atomic mass is 10.2. The molecule has 1 aromatic carbocycles. The fraction of sp³-hybridized carbons (Fsp3) is 0.154. The Kier molecular flexibility index (Phi) is 6.09. The first-order valence-corrected chi connectivity index (χ1v) is 8.33. The van der Waals surface area contributed by atoms with Gasteiger partial charge in [-0.2, -0.15) is 5.10 Å². The Balaban J connectivity index is 2.02. The fourth-order valence-corrected chi connectivity index (χ4v) is 2.92. The molecule has 0 saturated heterocycles. The largest absolute Gasteiger partial charge is 0.506 e. The first-order valence-electron chi connectivity index (χ1n) is 6.74. The van der Waals surface area contributed by atoms with Crippen LogP contribution >= 0.6 is 31.9 Å². The average molecular weight is 476 g/mol. The number of nitrogens with zero attached hydrogens (tertiary/aromatic N) is 2. The van der Waals surface area contributed by atoms with E-state index in [1.165, 1.54) is 13.1 Å². The van der Waals surface area contributed by atoms with Crippen LogP contribution in [0.25, 0.3) is 0 Å². The van der Waals surface area contributed by atoms with E-state index in [9.17, 15) is 19.5 Å². The predicted molar refractivity (Wildman–Crippen MR) is 97.8 cm³/mol. The molecule has 0 bridgehead atoms. The van der Waals surface area contributed by atoms with Gasteiger partial charge in [-0.1, -0.05) is 15.9 Å². The zero-order valence-electron chi connectivity index (χ0n) is 12.6. The van der Waals surface area contributed by atoms with Gasteiger partial charge in [0, 0.05) is 10.0 Å². The fourth-order valence-electron chi connectivity index (χ4n) is 1.66. The van der Waals surface area contributed by atoms with Crippen LogP contribution < -0.4 is 22.0 Å². The number of aromatic nitrogens is 3. The Bertz CT molecular complexity index is 939. The minimum Gasteiger partial charge on any atom is -0.506 e. The molecule has 0 aliphatic rings. The van der Waals surface area contributed by atoms with Crippen molar-refractivity contribution in [3.8, 4) is 5.75 Å². The van der Waals surface area contributed by atoms with Crippen LogP contribution in [-0.2, 0) is 4.79 Å². The van der Waals surface area contributed by atoms with Crippen molar-refractivity contribution in [2.24, 2.45) is 5.10 Å². The Hall–Kier alpha value is -2.47. The molecule has 12 heteroatoms. The van der Waals surface area contributed by atoms with Gasteiger partial charge in [-0.3, -0.25) is 14.6 Å². The Morgan fingerprint density at radius 3 is 2.80 bits per heavy atom. The smallest absolute Gasteiger partial charge is 0.342 e. The lowest BCUT2D eigenvalue weighted by Gasteiger charge is -2.11. The number of carbonyl (C=O) groups excluding carboxylic acids is 1. The first kappa shape index (κ1) is 18.9. The first-order chi connectivity index (χ1) is 11.8. The van der Waals surface area contributed by atoms with Gasteiger partial charge in [-0.15, -0.1) is 5.10 Å². The summed E-state index contributed by atoms with van der Waals surface area (Å²) in [5.41, 5.74) is 1.13. The second-order valence-corrected chi connectivity index (χ2v) is 6.55. The highest BCUT2D eigenvalue weighted by Gasteiger charge is 2.14. The van der Waals surface area contributed by atoms with E-state index in [1.807, 2.05) is 10.1 Å². The van der Waals surface area contributed by atoms with Crippen LogP contribution in [0, 0.1) is 0 Å². The summed E-state index contributed by atoms with van der Waals surface area (Å²) < 4.78 is 1.18. The number of aromatic hydroxyl groups is 1. The van der Waals surface area contributed by atoms with E-state index < -0.39 is 23.2 Å². The molecule has 2 rings (SSSR count). The predicted octanol–water partition coefficient (Wildman–Crippen LogP) is 0.640. The molecule has 1 heterocycles. The summed E-state index contributed by atoms with van der Waals surface area (Å²) >= 11 is 6.46. The molecule has 0 radical (unpaired) electrons. The number of benzene rings is 1. The van der Waals surface area contributed by atoms with Crippen LogP contribution in [-0.4, -0.2) is 38.5 Å². The summed E-state index contributed by atoms with van der Waals surface area (Å²) in [7, 11) is 0. The third-order valence-corrected chi connectivity index (χ3v) is 3.96. The molecule has 10 nitrogen and oxygen atoms in total. The van der Waals surface area contributed by atoms with Crippen LogP contribution in [0.15, 0.2) is 35.8 Å². The van der Waals surface area contributed by atoms with Crippen molar-refractivity contribution >= 4 is 49.8 Å². The van der Waals surface area contributed by atoms with Crippen molar-refractivity contribution in [3.05, 3.63) is 47.5 Å². The highest BCUT2D eigenvalue weighted by atomic mass is 79.9. The van der Waals surface area contributed by atoms with Gasteiger partial charge < -0.3 is 10.4 Å². The monoisotopic (exact) mass is 474 g/mol. The number of H-pyrrole nitrogens is 2. The quantitative estimate of drug-likeness (QED) is 0.316. The minimum atomic E-state index is -0.862. The summed E-state index contributed by atoms with van der Waals surface area (Å²) in [6.07, 6.45) is 1.26. The van der Waals surface area contributed by atoms with Gasteiger partial charge in [-0.25, -0.2) is 15.3 Å². The number of carbonyl (C=O) groups is 1. The van der Waals surface area contributed by atoms with Crippen LogP contribution in [0.5, 0.6) is 5.75 Å². The second kappa shape index (κ2) is 8.07. The van der Waals surface area contributed by atoms with Crippen molar-refractivity contribution in [2.45, 2.75) is 13.0 Å². The van der Waals surface area contributed by atoms with Crippen LogP contribution in [0.1, 0.15) is 12.5 Å². The van der Waals surface area contributed by atoms with E-state index in [1.54, 1.807) is 12.1 Å². The molecule has 0 spiro atoms. The number of phenols is 1. The van der Waals surface area contributed by atoms with Gasteiger partial charge in [0.1, 0.15) is 11.8 Å². The Labute approximate surface area is 157 Å². The molecule has 1 atom stereocenters. The molecule has 0 aliphatic heterocycles. The van der Waals surface area contributed by atoms with Crippen LogP contribution in [0.3, 0.4) is 0 Å². The summed E-state index contributed by atoms with van der Waals surface area (Å²) in [5, 5.41) is 21.7. The van der Waals surface area contributed by atoms with E-state index in [-0.39, 0.29) is 11.6 Å². The normalized spacial score (nSPS) is 12.1. The number of anilines is 1. The van der Waals surface area contributed by atoms with E-state index in [0.717, 1.165) is 0 Å². The van der Waals surface area contributed by atoms with E-state index in [2.05, 4.69) is 52.8 Å². The molecule has 25 heavy (non-hydrogen) atoms. The lowest BCUT2D eigenvalue weighted by Crippen LogP contribution is -2.38. The number of amides is 1. The molecule has 1 amide bonds.